The highest BCUT2D eigenvalue weighted by Gasteiger charge is 2.36. The Kier molecular flexibility index (Phi) is 2.89. The van der Waals surface area contributed by atoms with Crippen LogP contribution in [0, 0.1) is 5.41 Å². The zero-order valence-corrected chi connectivity index (χ0v) is 10.2. The second-order valence-corrected chi connectivity index (χ2v) is 5.79. The Morgan fingerprint density at radius 2 is 2.00 bits per heavy atom. The molecule has 88 valence electrons. The topological polar surface area (TPSA) is 12.0 Å². The predicted octanol–water partition coefficient (Wildman–Crippen LogP) is 3.58. The first-order chi connectivity index (χ1) is 7.89. The first kappa shape index (κ1) is 10.6. The van der Waals surface area contributed by atoms with E-state index < -0.39 is 0 Å². The number of nitrogens with one attached hydrogen (secondary N) is 1. The first-order valence-corrected chi connectivity index (χ1v) is 6.97. The molecule has 0 spiro atoms. The van der Waals surface area contributed by atoms with Crippen LogP contribution in [0.15, 0.2) is 23.8 Å². The molecule has 0 aromatic rings. The third-order valence-corrected chi connectivity index (χ3v) is 4.46. The van der Waals surface area contributed by atoms with Crippen molar-refractivity contribution in [1.82, 2.24) is 5.32 Å². The Labute approximate surface area is 99.0 Å². The molecule has 1 nitrogen and oxygen atoms in total. The number of hydrogen-bond donors (Lipinski definition) is 1. The predicted molar refractivity (Wildman–Crippen MR) is 68.4 cm³/mol. The molecule has 0 amide bonds. The zero-order valence-electron chi connectivity index (χ0n) is 10.2. The summed E-state index contributed by atoms with van der Waals surface area (Å²) in [7, 11) is 0. The summed E-state index contributed by atoms with van der Waals surface area (Å²) in [6.45, 7) is 1.22. The minimum absolute atomic E-state index is 0.475. The molecule has 0 radical (unpaired) electrons. The minimum Gasteiger partial charge on any atom is -0.313 e. The maximum absolute atomic E-state index is 3.76. The standard InChI is InChI=1S/C15H23N/c1-2-6-13(7-3-1)15(10-4-5-11-15)12-16-14-8-9-14/h4-6,14,16H,1-3,7-12H2. The van der Waals surface area contributed by atoms with Gasteiger partial charge in [0.1, 0.15) is 0 Å². The number of rotatable bonds is 4. The summed E-state index contributed by atoms with van der Waals surface area (Å²) < 4.78 is 0. The Bertz CT molecular complexity index is 301. The van der Waals surface area contributed by atoms with Crippen LogP contribution in [0.5, 0.6) is 0 Å². The lowest BCUT2D eigenvalue weighted by Gasteiger charge is -2.34. The van der Waals surface area contributed by atoms with Crippen LogP contribution in [-0.4, -0.2) is 12.6 Å². The third kappa shape index (κ3) is 2.10. The van der Waals surface area contributed by atoms with E-state index in [2.05, 4.69) is 23.5 Å². The SMILES string of the molecule is C1=CCC(CNC2CC2)(C2=CCCCC2)C1. The molecule has 1 saturated carbocycles. The summed E-state index contributed by atoms with van der Waals surface area (Å²) in [5.41, 5.74) is 2.24. The van der Waals surface area contributed by atoms with Gasteiger partial charge in [0.15, 0.2) is 0 Å². The second-order valence-electron chi connectivity index (χ2n) is 5.79. The van der Waals surface area contributed by atoms with E-state index in [0.717, 1.165) is 6.04 Å². The van der Waals surface area contributed by atoms with Crippen molar-refractivity contribution in [2.75, 3.05) is 6.54 Å². The molecular weight excluding hydrogens is 194 g/mol. The summed E-state index contributed by atoms with van der Waals surface area (Å²) in [5.74, 6) is 0. The fourth-order valence-corrected chi connectivity index (χ4v) is 3.17. The van der Waals surface area contributed by atoms with E-state index in [0.29, 0.717) is 5.41 Å². The van der Waals surface area contributed by atoms with Crippen LogP contribution in [-0.2, 0) is 0 Å². The highest BCUT2D eigenvalue weighted by molar-refractivity contribution is 5.24. The number of allylic oxidation sites excluding steroid dienone is 3. The lowest BCUT2D eigenvalue weighted by molar-refractivity contribution is 0.335. The van der Waals surface area contributed by atoms with Crippen molar-refractivity contribution in [2.24, 2.45) is 5.41 Å². The molecule has 1 N–H and O–H groups in total. The summed E-state index contributed by atoms with van der Waals surface area (Å²) in [6.07, 6.45) is 18.2. The van der Waals surface area contributed by atoms with Gasteiger partial charge in [-0.25, -0.2) is 0 Å². The molecule has 0 unspecified atom stereocenters. The quantitative estimate of drug-likeness (QED) is 0.710. The Morgan fingerprint density at radius 3 is 2.62 bits per heavy atom. The van der Waals surface area contributed by atoms with Crippen LogP contribution in [0.1, 0.15) is 51.4 Å². The van der Waals surface area contributed by atoms with Crippen LogP contribution >= 0.6 is 0 Å². The van der Waals surface area contributed by atoms with E-state index in [1.54, 1.807) is 5.57 Å². The first-order valence-electron chi connectivity index (χ1n) is 6.97. The van der Waals surface area contributed by atoms with E-state index in [-0.39, 0.29) is 0 Å². The second kappa shape index (κ2) is 4.37. The largest absolute Gasteiger partial charge is 0.313 e. The van der Waals surface area contributed by atoms with Gasteiger partial charge in [0.25, 0.3) is 0 Å². The molecule has 0 aromatic heterocycles. The van der Waals surface area contributed by atoms with Crippen molar-refractivity contribution in [1.29, 1.82) is 0 Å². The van der Waals surface area contributed by atoms with Crippen LogP contribution in [0.3, 0.4) is 0 Å². The molecule has 0 aromatic carbocycles. The lowest BCUT2D eigenvalue weighted by atomic mass is 9.73. The molecule has 3 rings (SSSR count). The van der Waals surface area contributed by atoms with Gasteiger partial charge in [-0.15, -0.1) is 0 Å². The van der Waals surface area contributed by atoms with E-state index >= 15 is 0 Å². The van der Waals surface area contributed by atoms with Crippen molar-refractivity contribution in [3.05, 3.63) is 23.8 Å². The van der Waals surface area contributed by atoms with Gasteiger partial charge in [-0.3, -0.25) is 0 Å². The molecule has 3 aliphatic carbocycles. The maximum Gasteiger partial charge on any atom is 0.0106 e. The molecule has 0 aliphatic heterocycles. The smallest absolute Gasteiger partial charge is 0.0106 e. The molecule has 16 heavy (non-hydrogen) atoms. The van der Waals surface area contributed by atoms with Gasteiger partial charge in [-0.2, -0.15) is 0 Å². The monoisotopic (exact) mass is 217 g/mol. The van der Waals surface area contributed by atoms with Crippen molar-refractivity contribution in [3.63, 3.8) is 0 Å². The fourth-order valence-electron chi connectivity index (χ4n) is 3.17. The van der Waals surface area contributed by atoms with Gasteiger partial charge < -0.3 is 5.32 Å². The van der Waals surface area contributed by atoms with E-state index in [9.17, 15) is 0 Å². The van der Waals surface area contributed by atoms with Crippen LogP contribution < -0.4 is 5.32 Å². The minimum atomic E-state index is 0.475. The van der Waals surface area contributed by atoms with E-state index in [1.807, 2.05) is 0 Å². The number of hydrogen-bond acceptors (Lipinski definition) is 1. The molecule has 1 heteroatoms. The fraction of sp³-hybridized carbons (Fsp3) is 0.733. The zero-order chi connectivity index (χ0) is 10.8. The Balaban J connectivity index is 1.70. The van der Waals surface area contributed by atoms with E-state index in [1.165, 1.54) is 57.9 Å². The molecular formula is C15H23N. The van der Waals surface area contributed by atoms with E-state index in [4.69, 9.17) is 0 Å². The van der Waals surface area contributed by atoms with Crippen molar-refractivity contribution in [3.8, 4) is 0 Å². The molecule has 0 heterocycles. The van der Waals surface area contributed by atoms with Gasteiger partial charge >= 0.3 is 0 Å². The normalized spacial score (nSPS) is 28.1. The average molecular weight is 217 g/mol. The maximum atomic E-state index is 3.76. The van der Waals surface area contributed by atoms with Crippen molar-refractivity contribution < 1.29 is 0 Å². The van der Waals surface area contributed by atoms with Crippen LogP contribution in [0.2, 0.25) is 0 Å². The highest BCUT2D eigenvalue weighted by Crippen LogP contribution is 2.44. The Morgan fingerprint density at radius 1 is 1.19 bits per heavy atom. The van der Waals surface area contributed by atoms with Crippen molar-refractivity contribution in [2.45, 2.75) is 57.4 Å². The van der Waals surface area contributed by atoms with Gasteiger partial charge in [-0.05, 0) is 51.4 Å². The summed E-state index contributed by atoms with van der Waals surface area (Å²) >= 11 is 0. The third-order valence-electron chi connectivity index (χ3n) is 4.46. The van der Waals surface area contributed by atoms with Crippen molar-refractivity contribution >= 4 is 0 Å². The summed E-state index contributed by atoms with van der Waals surface area (Å²) in [6, 6.07) is 0.849. The van der Waals surface area contributed by atoms with Gasteiger partial charge in [0.05, 0.1) is 0 Å². The molecule has 1 fully saturated rings. The Hall–Kier alpha value is -0.560. The molecule has 0 bridgehead atoms. The van der Waals surface area contributed by atoms with Gasteiger partial charge in [-0.1, -0.05) is 23.8 Å². The van der Waals surface area contributed by atoms with Gasteiger partial charge in [0, 0.05) is 18.0 Å². The summed E-state index contributed by atoms with van der Waals surface area (Å²) in [4.78, 5) is 0. The van der Waals surface area contributed by atoms with Crippen LogP contribution in [0.4, 0.5) is 0 Å². The highest BCUT2D eigenvalue weighted by atomic mass is 15.0. The lowest BCUT2D eigenvalue weighted by Crippen LogP contribution is -2.35. The molecule has 0 atom stereocenters. The average Bonchev–Trinajstić information content (AvgIpc) is 3.06. The molecule has 0 saturated heterocycles. The molecule has 3 aliphatic rings. The van der Waals surface area contributed by atoms with Crippen LogP contribution in [0.25, 0.3) is 0 Å². The summed E-state index contributed by atoms with van der Waals surface area (Å²) in [5, 5.41) is 3.76. The van der Waals surface area contributed by atoms with Gasteiger partial charge in [0.2, 0.25) is 0 Å².